The Kier molecular flexibility index (Phi) is 3.73. The van der Waals surface area contributed by atoms with Gasteiger partial charge in [0.2, 0.25) is 11.1 Å². The first-order valence-electron chi connectivity index (χ1n) is 6.68. The van der Waals surface area contributed by atoms with Gasteiger partial charge in [0.15, 0.2) is 0 Å². The van der Waals surface area contributed by atoms with Crippen molar-refractivity contribution < 1.29 is 4.74 Å². The number of aromatic nitrogens is 2. The highest BCUT2D eigenvalue weighted by Crippen LogP contribution is 2.27. The maximum atomic E-state index is 5.79. The average Bonchev–Trinajstić information content (AvgIpc) is 2.94. The second-order valence-electron chi connectivity index (χ2n) is 5.16. The van der Waals surface area contributed by atoms with Crippen LogP contribution < -0.4 is 15.0 Å². The quantitative estimate of drug-likeness (QED) is 0.936. The van der Waals surface area contributed by atoms with E-state index in [1.54, 1.807) is 0 Å². The Morgan fingerprint density at radius 1 is 1.40 bits per heavy atom. The molecule has 0 bridgehead atoms. The van der Waals surface area contributed by atoms with E-state index in [-0.39, 0.29) is 0 Å². The number of rotatable bonds is 4. The summed E-state index contributed by atoms with van der Waals surface area (Å²) in [4.78, 5) is 6.32. The number of nitrogens with zero attached hydrogens (tertiary/aromatic N) is 3. The minimum atomic E-state index is 0.469. The second-order valence-corrected chi connectivity index (χ2v) is 5.92. The molecule has 0 radical (unpaired) electrons. The third kappa shape index (κ3) is 2.85. The number of benzene rings is 1. The van der Waals surface area contributed by atoms with E-state index in [0.717, 1.165) is 36.4 Å². The predicted octanol–water partition coefficient (Wildman–Crippen LogP) is 2.27. The number of anilines is 2. The van der Waals surface area contributed by atoms with E-state index in [2.05, 4.69) is 26.8 Å². The molecule has 20 heavy (non-hydrogen) atoms. The largest absolute Gasteiger partial charge is 0.493 e. The number of para-hydroxylation sites is 1. The first-order valence-corrected chi connectivity index (χ1v) is 7.45. The van der Waals surface area contributed by atoms with Crippen molar-refractivity contribution in [3.8, 4) is 5.75 Å². The zero-order valence-electron chi connectivity index (χ0n) is 11.7. The van der Waals surface area contributed by atoms with Crippen molar-refractivity contribution in [1.29, 1.82) is 0 Å². The van der Waals surface area contributed by atoms with Crippen LogP contribution >= 0.6 is 11.5 Å². The van der Waals surface area contributed by atoms with Gasteiger partial charge in [-0.2, -0.15) is 9.36 Å². The monoisotopic (exact) mass is 290 g/mol. The Morgan fingerprint density at radius 3 is 3.05 bits per heavy atom. The van der Waals surface area contributed by atoms with Crippen molar-refractivity contribution >= 4 is 22.6 Å². The first kappa shape index (κ1) is 13.2. The molecular weight excluding hydrogens is 272 g/mol. The van der Waals surface area contributed by atoms with E-state index in [1.807, 2.05) is 31.1 Å². The number of hydrogen-bond donors (Lipinski definition) is 1. The van der Waals surface area contributed by atoms with Crippen LogP contribution in [0, 0.1) is 5.92 Å². The van der Waals surface area contributed by atoms with E-state index < -0.39 is 0 Å². The molecule has 1 aliphatic heterocycles. The molecule has 6 heteroatoms. The average molecular weight is 290 g/mol. The molecule has 1 unspecified atom stereocenters. The predicted molar refractivity (Wildman–Crippen MR) is 81.9 cm³/mol. The highest BCUT2D eigenvalue weighted by atomic mass is 32.1. The van der Waals surface area contributed by atoms with Gasteiger partial charge in [0.25, 0.3) is 0 Å². The second kappa shape index (κ2) is 5.66. The van der Waals surface area contributed by atoms with Gasteiger partial charge in [-0.15, -0.1) is 0 Å². The van der Waals surface area contributed by atoms with E-state index in [9.17, 15) is 0 Å². The SMILES string of the molecule is CN(C)c1nsc(NCC2COc3ccccc3C2)n1. The van der Waals surface area contributed by atoms with Crippen LogP contribution in [-0.2, 0) is 6.42 Å². The normalized spacial score (nSPS) is 17.2. The lowest BCUT2D eigenvalue weighted by Crippen LogP contribution is -2.27. The van der Waals surface area contributed by atoms with E-state index >= 15 is 0 Å². The summed E-state index contributed by atoms with van der Waals surface area (Å²) in [6.07, 6.45) is 1.04. The Balaban J connectivity index is 1.57. The molecule has 1 aromatic heterocycles. The third-order valence-corrected chi connectivity index (χ3v) is 3.98. The topological polar surface area (TPSA) is 50.3 Å². The molecule has 2 aromatic rings. The molecule has 0 aliphatic carbocycles. The zero-order valence-corrected chi connectivity index (χ0v) is 12.5. The van der Waals surface area contributed by atoms with Crippen molar-refractivity contribution in [1.82, 2.24) is 9.36 Å². The van der Waals surface area contributed by atoms with Crippen molar-refractivity contribution in [3.05, 3.63) is 29.8 Å². The van der Waals surface area contributed by atoms with Gasteiger partial charge in [0, 0.05) is 38.1 Å². The molecule has 5 nitrogen and oxygen atoms in total. The standard InChI is InChI=1S/C14H18N4OS/c1-18(2)13-16-14(20-17-13)15-8-10-7-11-5-3-4-6-12(11)19-9-10/h3-6,10H,7-9H2,1-2H3,(H,15,16,17). The molecule has 0 saturated carbocycles. The molecule has 0 saturated heterocycles. The maximum Gasteiger partial charge on any atom is 0.238 e. The highest BCUT2D eigenvalue weighted by Gasteiger charge is 2.19. The summed E-state index contributed by atoms with van der Waals surface area (Å²) in [5.74, 6) is 2.24. The lowest BCUT2D eigenvalue weighted by atomic mass is 9.97. The van der Waals surface area contributed by atoms with Gasteiger partial charge in [-0.05, 0) is 18.1 Å². The van der Waals surface area contributed by atoms with Crippen LogP contribution in [-0.4, -0.2) is 36.6 Å². The van der Waals surface area contributed by atoms with Crippen molar-refractivity contribution in [2.24, 2.45) is 5.92 Å². The van der Waals surface area contributed by atoms with Crippen LogP contribution in [0.4, 0.5) is 11.1 Å². The summed E-state index contributed by atoms with van der Waals surface area (Å²) in [7, 11) is 3.88. The van der Waals surface area contributed by atoms with Crippen LogP contribution in [0.5, 0.6) is 5.75 Å². The van der Waals surface area contributed by atoms with Gasteiger partial charge in [-0.25, -0.2) is 0 Å². The molecule has 2 heterocycles. The summed E-state index contributed by atoms with van der Waals surface area (Å²) in [6, 6.07) is 8.25. The minimum absolute atomic E-state index is 0.469. The van der Waals surface area contributed by atoms with Gasteiger partial charge in [-0.3, -0.25) is 0 Å². The van der Waals surface area contributed by atoms with Crippen LogP contribution in [0.15, 0.2) is 24.3 Å². The van der Waals surface area contributed by atoms with Crippen LogP contribution in [0.1, 0.15) is 5.56 Å². The number of ether oxygens (including phenoxy) is 1. The lowest BCUT2D eigenvalue weighted by Gasteiger charge is -2.25. The van der Waals surface area contributed by atoms with E-state index in [1.165, 1.54) is 17.1 Å². The van der Waals surface area contributed by atoms with Gasteiger partial charge < -0.3 is 15.0 Å². The summed E-state index contributed by atoms with van der Waals surface area (Å²) < 4.78 is 10.1. The molecule has 1 N–H and O–H groups in total. The molecule has 1 aliphatic rings. The molecule has 0 fully saturated rings. The Labute approximate surface area is 122 Å². The number of nitrogens with one attached hydrogen (secondary N) is 1. The maximum absolute atomic E-state index is 5.79. The van der Waals surface area contributed by atoms with Gasteiger partial charge >= 0.3 is 0 Å². The fraction of sp³-hybridized carbons (Fsp3) is 0.429. The van der Waals surface area contributed by atoms with E-state index in [0.29, 0.717) is 5.92 Å². The Hall–Kier alpha value is -1.82. The van der Waals surface area contributed by atoms with E-state index in [4.69, 9.17) is 4.74 Å². The molecule has 1 aromatic carbocycles. The summed E-state index contributed by atoms with van der Waals surface area (Å²) >= 11 is 1.40. The first-order chi connectivity index (χ1) is 9.72. The molecule has 3 rings (SSSR count). The van der Waals surface area contributed by atoms with Crippen molar-refractivity contribution in [2.45, 2.75) is 6.42 Å². The number of hydrogen-bond acceptors (Lipinski definition) is 6. The van der Waals surface area contributed by atoms with Gasteiger partial charge in [0.1, 0.15) is 5.75 Å². The summed E-state index contributed by atoms with van der Waals surface area (Å²) in [6.45, 7) is 1.61. The third-order valence-electron chi connectivity index (χ3n) is 3.31. The fourth-order valence-corrected chi connectivity index (χ4v) is 2.87. The van der Waals surface area contributed by atoms with Crippen LogP contribution in [0.2, 0.25) is 0 Å². The molecule has 0 spiro atoms. The smallest absolute Gasteiger partial charge is 0.238 e. The molecular formula is C14H18N4OS. The minimum Gasteiger partial charge on any atom is -0.493 e. The number of fused-ring (bicyclic) bond motifs is 1. The van der Waals surface area contributed by atoms with Gasteiger partial charge in [-0.1, -0.05) is 18.2 Å². The summed E-state index contributed by atoms with van der Waals surface area (Å²) in [5.41, 5.74) is 1.29. The van der Waals surface area contributed by atoms with Crippen LogP contribution in [0.25, 0.3) is 0 Å². The molecule has 0 amide bonds. The highest BCUT2D eigenvalue weighted by molar-refractivity contribution is 7.09. The lowest BCUT2D eigenvalue weighted by molar-refractivity contribution is 0.229. The zero-order chi connectivity index (χ0) is 13.9. The van der Waals surface area contributed by atoms with Gasteiger partial charge in [0.05, 0.1) is 6.61 Å². The molecule has 106 valence electrons. The molecule has 1 atom stereocenters. The Bertz CT molecular complexity index is 584. The van der Waals surface area contributed by atoms with Crippen molar-refractivity contribution in [3.63, 3.8) is 0 Å². The van der Waals surface area contributed by atoms with Crippen LogP contribution in [0.3, 0.4) is 0 Å². The fourth-order valence-electron chi connectivity index (χ4n) is 2.22. The van der Waals surface area contributed by atoms with Crippen molar-refractivity contribution in [2.75, 3.05) is 37.5 Å². The Morgan fingerprint density at radius 2 is 2.25 bits per heavy atom. The summed E-state index contributed by atoms with van der Waals surface area (Å²) in [5, 5.41) is 4.23.